The van der Waals surface area contributed by atoms with E-state index in [1.165, 1.54) is 6.26 Å². The number of benzene rings is 4. The van der Waals surface area contributed by atoms with Crippen LogP contribution in [0.5, 0.6) is 11.5 Å². The molecule has 5 atom stereocenters. The highest BCUT2D eigenvalue weighted by Gasteiger charge is 2.38. The van der Waals surface area contributed by atoms with Crippen molar-refractivity contribution in [2.45, 2.75) is 121 Å². The smallest absolute Gasteiger partial charge is 0.410 e. The zero-order valence-corrected chi connectivity index (χ0v) is 43.4. The van der Waals surface area contributed by atoms with Gasteiger partial charge in [0.2, 0.25) is 20.0 Å². The first-order valence-electron chi connectivity index (χ1n) is 24.0. The number of nitrogens with two attached hydrogens (primary N) is 1. The number of carbonyl (C=O) groups excluding carboxylic acids is 2. The van der Waals surface area contributed by atoms with Crippen molar-refractivity contribution in [3.05, 3.63) is 108 Å². The minimum absolute atomic E-state index is 0.141. The molecule has 2 aliphatic heterocycles. The molecule has 2 heterocycles. The molecule has 382 valence electrons. The summed E-state index contributed by atoms with van der Waals surface area (Å²) in [5.74, 6) is 1.30. The molecule has 0 saturated carbocycles. The lowest BCUT2D eigenvalue weighted by atomic mass is 9.86. The summed E-state index contributed by atoms with van der Waals surface area (Å²) in [6.45, 7) is 12.3. The monoisotopic (exact) mass is 1000 g/mol. The first-order valence-corrected chi connectivity index (χ1v) is 27.8. The predicted molar refractivity (Wildman–Crippen MR) is 274 cm³/mol. The lowest BCUT2D eigenvalue weighted by Gasteiger charge is -2.41. The molecule has 2 aliphatic rings. The van der Waals surface area contributed by atoms with Gasteiger partial charge in [0.1, 0.15) is 35.9 Å². The lowest BCUT2D eigenvalue weighted by molar-refractivity contribution is 0.00589. The molecule has 0 aliphatic carbocycles. The maximum atomic E-state index is 13.6. The minimum atomic E-state index is -3.61. The quantitative estimate of drug-likeness (QED) is 0.0633. The van der Waals surface area contributed by atoms with Crippen molar-refractivity contribution in [1.29, 1.82) is 0 Å². The number of amides is 2. The summed E-state index contributed by atoms with van der Waals surface area (Å²) < 4.78 is 80.0. The second-order valence-corrected chi connectivity index (χ2v) is 23.8. The molecule has 2 saturated heterocycles. The van der Waals surface area contributed by atoms with Gasteiger partial charge in [-0.2, -0.15) is 0 Å². The molecule has 16 nitrogen and oxygen atoms in total. The third kappa shape index (κ3) is 16.4. The van der Waals surface area contributed by atoms with Crippen LogP contribution in [0.25, 0.3) is 22.3 Å². The predicted octanol–water partition coefficient (Wildman–Crippen LogP) is 7.08. The summed E-state index contributed by atoms with van der Waals surface area (Å²) in [5.41, 5.74) is 10.7. The molecule has 6 rings (SSSR count). The van der Waals surface area contributed by atoms with Crippen molar-refractivity contribution >= 4 is 32.2 Å². The van der Waals surface area contributed by atoms with Crippen molar-refractivity contribution in [1.82, 2.24) is 25.0 Å². The van der Waals surface area contributed by atoms with E-state index >= 15 is 0 Å². The molecule has 2 fully saturated rings. The third-order valence-corrected chi connectivity index (χ3v) is 13.3. The van der Waals surface area contributed by atoms with E-state index in [0.29, 0.717) is 64.0 Å². The number of hydrogen-bond donors (Lipinski definition) is 5. The molecule has 6 N–H and O–H groups in total. The number of piperidine rings is 2. The number of sulfonamides is 2. The molecule has 0 spiro atoms. The van der Waals surface area contributed by atoms with Crippen LogP contribution in [0.3, 0.4) is 0 Å². The molecular weight excluding hydrogens is 933 g/mol. The van der Waals surface area contributed by atoms with Crippen LogP contribution < -0.4 is 35.3 Å². The van der Waals surface area contributed by atoms with Crippen LogP contribution in [0.15, 0.2) is 91.0 Å². The highest BCUT2D eigenvalue weighted by atomic mass is 32.2. The summed E-state index contributed by atoms with van der Waals surface area (Å²) in [5, 5.41) is 6.57. The molecular formula is C52H72N6O10S2. The zero-order valence-electron chi connectivity index (χ0n) is 41.7. The average Bonchev–Trinajstić information content (AvgIpc) is 3.26. The fraction of sp³-hybridized carbons (Fsp3) is 0.500. The topological polar surface area (TPSA) is 217 Å². The van der Waals surface area contributed by atoms with Crippen LogP contribution in [-0.2, 0) is 42.4 Å². The Hall–Kier alpha value is -5.24. The second-order valence-electron chi connectivity index (χ2n) is 20.3. The molecule has 5 unspecified atom stereocenters. The number of nitrogens with zero attached hydrogens (tertiary/aromatic N) is 1. The molecule has 0 bridgehead atoms. The van der Waals surface area contributed by atoms with Gasteiger partial charge in [-0.1, -0.05) is 72.8 Å². The highest BCUT2D eigenvalue weighted by Crippen LogP contribution is 2.38. The fourth-order valence-electron chi connectivity index (χ4n) is 9.13. The zero-order chi connectivity index (χ0) is 50.9. The fourth-order valence-corrected chi connectivity index (χ4v) is 10.8. The lowest BCUT2D eigenvalue weighted by Crippen LogP contribution is -2.58. The first-order chi connectivity index (χ1) is 32.9. The number of para-hydroxylation sites is 1. The summed E-state index contributed by atoms with van der Waals surface area (Å²) in [6.07, 6.45) is 4.47. The van der Waals surface area contributed by atoms with Gasteiger partial charge in [-0.3, -0.25) is 0 Å². The maximum absolute atomic E-state index is 13.6. The molecule has 70 heavy (non-hydrogen) atoms. The van der Waals surface area contributed by atoms with Crippen LogP contribution in [0.2, 0.25) is 0 Å². The number of likely N-dealkylation sites (tertiary alicyclic amines) is 1. The van der Waals surface area contributed by atoms with Crippen molar-refractivity contribution in [3.63, 3.8) is 0 Å². The van der Waals surface area contributed by atoms with E-state index in [1.807, 2.05) is 78.9 Å². The van der Waals surface area contributed by atoms with E-state index in [0.717, 1.165) is 50.9 Å². The molecule has 2 amide bonds. The SMILES string of the molecule is CC(C)(C)OC(=O)NCCOc1ccc(C2CCC(NS(C)(=O)=O)C(Cc3cccc(-c4ccccc4OCCN)c3)N2)cc1-c1cccc(CC2C(NS(C)(=O)=O)CCCN2C(=O)OC(C)(C)C)c1. The largest absolute Gasteiger partial charge is 0.492 e. The summed E-state index contributed by atoms with van der Waals surface area (Å²) in [7, 11) is -7.16. The number of hydrogen-bond acceptors (Lipinski definition) is 12. The van der Waals surface area contributed by atoms with Crippen LogP contribution in [0.4, 0.5) is 9.59 Å². The Balaban J connectivity index is 1.32. The third-order valence-electron chi connectivity index (χ3n) is 11.9. The van der Waals surface area contributed by atoms with Crippen molar-refractivity contribution in [2.75, 3.05) is 45.4 Å². The maximum Gasteiger partial charge on any atom is 0.410 e. The summed E-state index contributed by atoms with van der Waals surface area (Å²) >= 11 is 0. The van der Waals surface area contributed by atoms with Gasteiger partial charge in [-0.05, 0) is 126 Å². The standard InChI is InChI=1S/C52H72N6O10S2/c1-51(2,3)67-49(59)54-26-29-66-48-24-21-39(34-41(48)38-17-12-15-36(31-38)33-46-44(57-70(8,63)64)19-13-27-58(46)50(60)68-52(4,5)6)42-22-23-43(56-69(7,61)62)45(55-42)32-35-14-11-16-37(30-35)40-18-9-10-20-47(40)65-28-25-53/h9-12,14-18,20-21,24,30-31,34,42-46,55-57H,13,19,22-23,25-29,32-33,53H2,1-8H3,(H,54,59). The van der Waals surface area contributed by atoms with E-state index in [2.05, 4.69) is 32.2 Å². The van der Waals surface area contributed by atoms with Gasteiger partial charge in [0.15, 0.2) is 0 Å². The first kappa shape index (κ1) is 54.1. The van der Waals surface area contributed by atoms with Gasteiger partial charge >= 0.3 is 12.2 Å². The Labute approximate surface area is 414 Å². The van der Waals surface area contributed by atoms with Crippen LogP contribution >= 0.6 is 0 Å². The van der Waals surface area contributed by atoms with Gasteiger partial charge in [-0.15, -0.1) is 0 Å². The van der Waals surface area contributed by atoms with E-state index in [-0.39, 0.29) is 31.3 Å². The van der Waals surface area contributed by atoms with E-state index in [1.54, 1.807) is 46.4 Å². The van der Waals surface area contributed by atoms with Gasteiger partial charge < -0.3 is 40.2 Å². The van der Waals surface area contributed by atoms with Crippen molar-refractivity contribution in [3.8, 4) is 33.8 Å². The summed E-state index contributed by atoms with van der Waals surface area (Å²) in [4.78, 5) is 27.8. The van der Waals surface area contributed by atoms with Crippen LogP contribution in [0, 0.1) is 0 Å². The molecule has 0 aromatic heterocycles. The second kappa shape index (κ2) is 23.3. The van der Waals surface area contributed by atoms with Gasteiger partial charge in [0.25, 0.3) is 0 Å². The minimum Gasteiger partial charge on any atom is -0.492 e. The van der Waals surface area contributed by atoms with E-state index in [9.17, 15) is 26.4 Å². The molecule has 18 heteroatoms. The molecule has 4 aromatic rings. The van der Waals surface area contributed by atoms with Gasteiger partial charge in [0, 0.05) is 48.4 Å². The number of alkyl carbamates (subject to hydrolysis) is 1. The molecule has 4 aromatic carbocycles. The highest BCUT2D eigenvalue weighted by molar-refractivity contribution is 7.89. The normalized spacial score (nSPS) is 20.1. The average molecular weight is 1010 g/mol. The number of rotatable bonds is 18. The number of carbonyl (C=O) groups is 2. The van der Waals surface area contributed by atoms with Crippen LogP contribution in [-0.4, -0.2) is 115 Å². The Morgan fingerprint density at radius 3 is 1.97 bits per heavy atom. The summed E-state index contributed by atoms with van der Waals surface area (Å²) in [6, 6.07) is 28.0. The Morgan fingerprint density at radius 1 is 0.700 bits per heavy atom. The number of ether oxygens (including phenoxy) is 4. The molecule has 0 radical (unpaired) electrons. The van der Waals surface area contributed by atoms with E-state index < -0.39 is 55.5 Å². The Morgan fingerprint density at radius 2 is 1.31 bits per heavy atom. The Kier molecular flexibility index (Phi) is 18.0. The Bertz CT molecular complexity index is 2650. The van der Waals surface area contributed by atoms with Crippen LogP contribution in [0.1, 0.15) is 90.0 Å². The van der Waals surface area contributed by atoms with Gasteiger partial charge in [-0.25, -0.2) is 35.9 Å². The van der Waals surface area contributed by atoms with Crippen molar-refractivity contribution in [2.24, 2.45) is 5.73 Å². The van der Waals surface area contributed by atoms with E-state index in [4.69, 9.17) is 24.7 Å². The van der Waals surface area contributed by atoms with Crippen molar-refractivity contribution < 1.29 is 45.4 Å². The van der Waals surface area contributed by atoms with Gasteiger partial charge in [0.05, 0.1) is 25.1 Å². The number of nitrogens with one attached hydrogen (secondary N) is 4.